The van der Waals surface area contributed by atoms with Crippen molar-refractivity contribution < 1.29 is 0 Å². The van der Waals surface area contributed by atoms with Crippen LogP contribution < -0.4 is 4.90 Å². The summed E-state index contributed by atoms with van der Waals surface area (Å²) in [6.45, 7) is 4.52. The number of fused-ring (bicyclic) bond motifs is 1. The fraction of sp³-hybridized carbons (Fsp3) is 0.444. The Hall–Kier alpha value is -1.90. The Bertz CT molecular complexity index is 647. The molecule has 1 saturated heterocycles. The molecule has 2 aliphatic rings. The van der Waals surface area contributed by atoms with Crippen LogP contribution in [0.25, 0.3) is 11.3 Å². The molecule has 1 aliphatic heterocycles. The van der Waals surface area contributed by atoms with Gasteiger partial charge in [-0.05, 0) is 31.6 Å². The summed E-state index contributed by atoms with van der Waals surface area (Å²) >= 11 is 0. The van der Waals surface area contributed by atoms with Gasteiger partial charge in [0.2, 0.25) is 5.95 Å². The van der Waals surface area contributed by atoms with Crippen LogP contribution in [0, 0.1) is 0 Å². The average Bonchev–Trinajstić information content (AvgIpc) is 2.46. The summed E-state index contributed by atoms with van der Waals surface area (Å²) in [5.74, 6) is 1.50. The quantitative estimate of drug-likeness (QED) is 0.837. The van der Waals surface area contributed by atoms with Crippen LogP contribution in [0.1, 0.15) is 43.4 Å². The van der Waals surface area contributed by atoms with Gasteiger partial charge in [-0.25, -0.2) is 9.97 Å². The lowest BCUT2D eigenvalue weighted by molar-refractivity contribution is 0.563. The molecule has 0 spiro atoms. The van der Waals surface area contributed by atoms with Crippen molar-refractivity contribution in [3.8, 4) is 11.3 Å². The molecule has 3 nitrogen and oxygen atoms in total. The van der Waals surface area contributed by atoms with Crippen molar-refractivity contribution in [1.29, 1.82) is 0 Å². The molecule has 3 heteroatoms. The monoisotopic (exact) mass is 279 g/mol. The third-order valence-corrected chi connectivity index (χ3v) is 4.74. The maximum Gasteiger partial charge on any atom is 0.226 e. The van der Waals surface area contributed by atoms with E-state index in [1.807, 2.05) is 0 Å². The second-order valence-electron chi connectivity index (χ2n) is 6.23. The Balaban J connectivity index is 1.89. The molecule has 1 aromatic carbocycles. The van der Waals surface area contributed by atoms with Crippen molar-refractivity contribution in [3.05, 3.63) is 41.6 Å². The molecular weight excluding hydrogens is 258 g/mol. The molecule has 1 aliphatic carbocycles. The van der Waals surface area contributed by atoms with E-state index in [-0.39, 0.29) is 0 Å². The zero-order chi connectivity index (χ0) is 14.2. The highest BCUT2D eigenvalue weighted by Crippen LogP contribution is 2.38. The highest BCUT2D eigenvalue weighted by Gasteiger charge is 2.26. The smallest absolute Gasteiger partial charge is 0.226 e. The topological polar surface area (TPSA) is 29.0 Å². The molecule has 4 rings (SSSR count). The SMILES string of the molecule is CC1CCCc2nc(N3CCC3)nc(-c3ccccc3)c21. The maximum atomic E-state index is 4.94. The van der Waals surface area contributed by atoms with Crippen molar-refractivity contribution in [2.75, 3.05) is 18.0 Å². The standard InChI is InChI=1S/C18H21N3/c1-13-7-5-10-15-16(13)17(14-8-3-2-4-9-14)20-18(19-15)21-11-6-12-21/h2-4,8-9,13H,5-7,10-12H2,1H3. The van der Waals surface area contributed by atoms with Crippen LogP contribution >= 0.6 is 0 Å². The third kappa shape index (κ3) is 2.21. The minimum absolute atomic E-state index is 0.564. The van der Waals surface area contributed by atoms with Crippen molar-refractivity contribution in [2.45, 2.75) is 38.5 Å². The Kier molecular flexibility index (Phi) is 3.13. The van der Waals surface area contributed by atoms with E-state index in [2.05, 4.69) is 42.2 Å². The van der Waals surface area contributed by atoms with Crippen LogP contribution in [0.2, 0.25) is 0 Å². The van der Waals surface area contributed by atoms with Gasteiger partial charge >= 0.3 is 0 Å². The van der Waals surface area contributed by atoms with Crippen LogP contribution in [0.4, 0.5) is 5.95 Å². The van der Waals surface area contributed by atoms with Gasteiger partial charge in [0.1, 0.15) is 0 Å². The Labute approximate surface area is 126 Å². The summed E-state index contributed by atoms with van der Waals surface area (Å²) < 4.78 is 0. The number of aryl methyl sites for hydroxylation is 1. The first-order valence-electron chi connectivity index (χ1n) is 8.04. The minimum atomic E-state index is 0.564. The first-order chi connectivity index (χ1) is 10.3. The number of hydrogen-bond acceptors (Lipinski definition) is 3. The summed E-state index contributed by atoms with van der Waals surface area (Å²) in [5.41, 5.74) is 5.06. The van der Waals surface area contributed by atoms with Crippen LogP contribution in [-0.2, 0) is 6.42 Å². The van der Waals surface area contributed by atoms with E-state index in [1.54, 1.807) is 0 Å². The lowest BCUT2D eigenvalue weighted by Crippen LogP contribution is -2.38. The predicted molar refractivity (Wildman–Crippen MR) is 85.7 cm³/mol. The number of rotatable bonds is 2. The van der Waals surface area contributed by atoms with Crippen LogP contribution in [0.5, 0.6) is 0 Å². The fourth-order valence-corrected chi connectivity index (χ4v) is 3.40. The summed E-state index contributed by atoms with van der Waals surface area (Å²) in [6.07, 6.45) is 4.86. The van der Waals surface area contributed by atoms with Crippen molar-refractivity contribution in [1.82, 2.24) is 9.97 Å². The maximum absolute atomic E-state index is 4.94. The van der Waals surface area contributed by atoms with E-state index in [1.165, 1.54) is 36.1 Å². The molecule has 1 aromatic heterocycles. The second-order valence-corrected chi connectivity index (χ2v) is 6.23. The van der Waals surface area contributed by atoms with Crippen LogP contribution in [-0.4, -0.2) is 23.1 Å². The molecule has 0 N–H and O–H groups in total. The molecule has 1 atom stereocenters. The van der Waals surface area contributed by atoms with Gasteiger partial charge in [0.25, 0.3) is 0 Å². The van der Waals surface area contributed by atoms with E-state index < -0.39 is 0 Å². The summed E-state index contributed by atoms with van der Waals surface area (Å²) in [7, 11) is 0. The molecule has 2 heterocycles. The van der Waals surface area contributed by atoms with Gasteiger partial charge < -0.3 is 4.90 Å². The van der Waals surface area contributed by atoms with Gasteiger partial charge in [0.15, 0.2) is 0 Å². The molecule has 108 valence electrons. The lowest BCUT2D eigenvalue weighted by Gasteiger charge is -2.33. The molecule has 0 amide bonds. The zero-order valence-electron chi connectivity index (χ0n) is 12.5. The summed E-state index contributed by atoms with van der Waals surface area (Å²) in [4.78, 5) is 12.1. The van der Waals surface area contributed by atoms with Crippen molar-refractivity contribution in [2.24, 2.45) is 0 Å². The number of aromatic nitrogens is 2. The number of nitrogens with zero attached hydrogens (tertiary/aromatic N) is 3. The Morgan fingerprint density at radius 1 is 1.05 bits per heavy atom. The first-order valence-corrected chi connectivity index (χ1v) is 8.04. The normalized spacial score (nSPS) is 20.8. The van der Waals surface area contributed by atoms with Crippen molar-refractivity contribution >= 4 is 5.95 Å². The number of anilines is 1. The van der Waals surface area contributed by atoms with Gasteiger partial charge in [-0.2, -0.15) is 0 Å². The first kappa shape index (κ1) is 12.8. The molecule has 21 heavy (non-hydrogen) atoms. The molecule has 2 aromatic rings. The highest BCUT2D eigenvalue weighted by molar-refractivity contribution is 5.66. The Morgan fingerprint density at radius 3 is 2.57 bits per heavy atom. The molecule has 0 saturated carbocycles. The van der Waals surface area contributed by atoms with E-state index in [9.17, 15) is 0 Å². The zero-order valence-corrected chi connectivity index (χ0v) is 12.5. The summed E-state index contributed by atoms with van der Waals surface area (Å²) in [5, 5.41) is 0. The predicted octanol–water partition coefficient (Wildman–Crippen LogP) is 3.79. The third-order valence-electron chi connectivity index (χ3n) is 4.74. The van der Waals surface area contributed by atoms with Gasteiger partial charge in [0, 0.05) is 24.2 Å². The Morgan fingerprint density at radius 2 is 1.86 bits per heavy atom. The highest BCUT2D eigenvalue weighted by atomic mass is 15.3. The van der Waals surface area contributed by atoms with Crippen LogP contribution in [0.3, 0.4) is 0 Å². The van der Waals surface area contributed by atoms with E-state index >= 15 is 0 Å². The largest absolute Gasteiger partial charge is 0.341 e. The molecule has 0 bridgehead atoms. The van der Waals surface area contributed by atoms with E-state index in [4.69, 9.17) is 9.97 Å². The summed E-state index contributed by atoms with van der Waals surface area (Å²) in [6, 6.07) is 10.6. The van der Waals surface area contributed by atoms with E-state index in [0.717, 1.165) is 31.2 Å². The average molecular weight is 279 g/mol. The van der Waals surface area contributed by atoms with Gasteiger partial charge in [0.05, 0.1) is 11.4 Å². The van der Waals surface area contributed by atoms with Gasteiger partial charge in [-0.3, -0.25) is 0 Å². The molecular formula is C18H21N3. The second kappa shape index (κ2) is 5.14. The van der Waals surface area contributed by atoms with E-state index in [0.29, 0.717) is 5.92 Å². The number of hydrogen-bond donors (Lipinski definition) is 0. The molecule has 0 radical (unpaired) electrons. The minimum Gasteiger partial charge on any atom is -0.341 e. The number of benzene rings is 1. The fourth-order valence-electron chi connectivity index (χ4n) is 3.40. The van der Waals surface area contributed by atoms with Gasteiger partial charge in [-0.15, -0.1) is 0 Å². The van der Waals surface area contributed by atoms with Crippen molar-refractivity contribution in [3.63, 3.8) is 0 Å². The molecule has 1 fully saturated rings. The molecule has 1 unspecified atom stereocenters. The van der Waals surface area contributed by atoms with Crippen LogP contribution in [0.15, 0.2) is 30.3 Å². The lowest BCUT2D eigenvalue weighted by atomic mass is 9.84. The van der Waals surface area contributed by atoms with Gasteiger partial charge in [-0.1, -0.05) is 37.3 Å².